The molecule has 2 aromatic carbocycles. The molecule has 0 amide bonds. The molecule has 21 heavy (non-hydrogen) atoms. The van der Waals surface area contributed by atoms with Gasteiger partial charge in [-0.15, -0.1) is 0 Å². The van der Waals surface area contributed by atoms with Crippen molar-refractivity contribution in [2.75, 3.05) is 27.7 Å². The summed E-state index contributed by atoms with van der Waals surface area (Å²) in [5.41, 5.74) is 3.80. The fourth-order valence-corrected chi connectivity index (χ4v) is 3.06. The number of likely N-dealkylation sites (N-methyl/N-ethyl adjacent to an activating group) is 1. The minimum atomic E-state index is 0.955. The van der Waals surface area contributed by atoms with Crippen molar-refractivity contribution >= 4 is 21.8 Å². The van der Waals surface area contributed by atoms with Crippen molar-refractivity contribution in [3.8, 4) is 5.75 Å². The monoisotopic (exact) mass is 282 g/mol. The van der Waals surface area contributed by atoms with Crippen LogP contribution >= 0.6 is 0 Å². The highest BCUT2D eigenvalue weighted by molar-refractivity contribution is 6.09. The summed E-state index contributed by atoms with van der Waals surface area (Å²) in [7, 11) is 5.96. The quantitative estimate of drug-likeness (QED) is 0.726. The fourth-order valence-electron chi connectivity index (χ4n) is 3.06. The van der Waals surface area contributed by atoms with Gasteiger partial charge in [0.15, 0.2) is 0 Å². The molecule has 1 heterocycles. The van der Waals surface area contributed by atoms with Crippen molar-refractivity contribution in [1.29, 1.82) is 0 Å². The van der Waals surface area contributed by atoms with Crippen LogP contribution in [0.25, 0.3) is 21.8 Å². The van der Waals surface area contributed by atoms with Gasteiger partial charge in [-0.3, -0.25) is 0 Å². The second-order valence-corrected chi connectivity index (χ2v) is 5.76. The normalized spacial score (nSPS) is 11.7. The van der Waals surface area contributed by atoms with Crippen LogP contribution in [0.15, 0.2) is 36.4 Å². The van der Waals surface area contributed by atoms with E-state index in [1.54, 1.807) is 7.11 Å². The number of hydrogen-bond acceptors (Lipinski definition) is 2. The lowest BCUT2D eigenvalue weighted by Crippen LogP contribution is -2.18. The smallest absolute Gasteiger partial charge is 0.123 e. The van der Waals surface area contributed by atoms with E-state index in [-0.39, 0.29) is 0 Å². The van der Waals surface area contributed by atoms with Crippen molar-refractivity contribution in [1.82, 2.24) is 9.47 Å². The van der Waals surface area contributed by atoms with Gasteiger partial charge in [-0.25, -0.2) is 0 Å². The Kier molecular flexibility index (Phi) is 3.60. The van der Waals surface area contributed by atoms with E-state index in [1.165, 1.54) is 27.4 Å². The van der Waals surface area contributed by atoms with Crippen molar-refractivity contribution in [2.45, 2.75) is 13.5 Å². The van der Waals surface area contributed by atoms with Gasteiger partial charge in [-0.1, -0.05) is 18.2 Å². The predicted molar refractivity (Wildman–Crippen MR) is 89.3 cm³/mol. The van der Waals surface area contributed by atoms with Gasteiger partial charge < -0.3 is 14.2 Å². The molecule has 3 heteroatoms. The minimum absolute atomic E-state index is 0.955. The molecule has 0 N–H and O–H groups in total. The lowest BCUT2D eigenvalue weighted by Gasteiger charge is -2.14. The van der Waals surface area contributed by atoms with E-state index >= 15 is 0 Å². The highest BCUT2D eigenvalue weighted by atomic mass is 16.5. The number of benzene rings is 2. The minimum Gasteiger partial charge on any atom is -0.496 e. The topological polar surface area (TPSA) is 17.4 Å². The second-order valence-electron chi connectivity index (χ2n) is 5.76. The third-order valence-electron chi connectivity index (χ3n) is 4.13. The molecule has 0 aliphatic heterocycles. The second kappa shape index (κ2) is 5.41. The van der Waals surface area contributed by atoms with Crippen LogP contribution in [-0.4, -0.2) is 37.2 Å². The van der Waals surface area contributed by atoms with E-state index in [2.05, 4.69) is 66.9 Å². The van der Waals surface area contributed by atoms with Crippen molar-refractivity contribution in [3.63, 3.8) is 0 Å². The summed E-state index contributed by atoms with van der Waals surface area (Å²) in [6, 6.07) is 12.9. The number of fused-ring (bicyclic) bond motifs is 3. The van der Waals surface area contributed by atoms with Gasteiger partial charge in [0, 0.05) is 34.9 Å². The van der Waals surface area contributed by atoms with E-state index in [0.29, 0.717) is 0 Å². The highest BCUT2D eigenvalue weighted by Crippen LogP contribution is 2.34. The van der Waals surface area contributed by atoms with Crippen LogP contribution in [0.1, 0.15) is 5.56 Å². The van der Waals surface area contributed by atoms with Crippen LogP contribution in [0.5, 0.6) is 5.75 Å². The number of ether oxygens (including phenoxy) is 1. The van der Waals surface area contributed by atoms with E-state index in [1.807, 2.05) is 0 Å². The zero-order valence-electron chi connectivity index (χ0n) is 13.2. The summed E-state index contributed by atoms with van der Waals surface area (Å²) in [5.74, 6) is 0.955. The maximum absolute atomic E-state index is 5.51. The summed E-state index contributed by atoms with van der Waals surface area (Å²) in [4.78, 5) is 2.22. The highest BCUT2D eigenvalue weighted by Gasteiger charge is 2.14. The molecule has 0 saturated carbocycles. The Morgan fingerprint density at radius 1 is 1.05 bits per heavy atom. The number of aryl methyl sites for hydroxylation is 1. The van der Waals surface area contributed by atoms with Gasteiger partial charge in [0.05, 0.1) is 12.6 Å². The Balaban J connectivity index is 2.33. The number of nitrogens with zero attached hydrogens (tertiary/aromatic N) is 2. The van der Waals surface area contributed by atoms with Crippen LogP contribution in [0.4, 0.5) is 0 Å². The summed E-state index contributed by atoms with van der Waals surface area (Å²) >= 11 is 0. The number of hydrogen-bond donors (Lipinski definition) is 0. The van der Waals surface area contributed by atoms with Crippen molar-refractivity contribution in [2.24, 2.45) is 0 Å². The first-order valence-corrected chi connectivity index (χ1v) is 7.32. The Morgan fingerprint density at radius 2 is 1.81 bits per heavy atom. The number of aromatic nitrogens is 1. The number of para-hydroxylation sites is 1. The Hall–Kier alpha value is -2.00. The molecule has 1 aromatic heterocycles. The molecular weight excluding hydrogens is 260 g/mol. The van der Waals surface area contributed by atoms with E-state index in [4.69, 9.17) is 4.74 Å². The predicted octanol–water partition coefficient (Wildman–Crippen LogP) is 3.67. The van der Waals surface area contributed by atoms with Crippen LogP contribution in [0, 0.1) is 6.92 Å². The zero-order valence-corrected chi connectivity index (χ0v) is 13.2. The van der Waals surface area contributed by atoms with Crippen LogP contribution in [0.3, 0.4) is 0 Å². The van der Waals surface area contributed by atoms with Crippen LogP contribution in [0.2, 0.25) is 0 Å². The average Bonchev–Trinajstić information content (AvgIpc) is 2.80. The van der Waals surface area contributed by atoms with Crippen molar-refractivity contribution in [3.05, 3.63) is 42.0 Å². The number of rotatable bonds is 4. The molecule has 0 spiro atoms. The molecule has 0 atom stereocenters. The summed E-state index contributed by atoms with van der Waals surface area (Å²) < 4.78 is 7.93. The van der Waals surface area contributed by atoms with E-state index in [9.17, 15) is 0 Å². The molecular formula is C18H22N2O. The van der Waals surface area contributed by atoms with Gasteiger partial charge in [-0.05, 0) is 39.2 Å². The standard InChI is InChI=1S/C18H22N2O/c1-13-17(21-4)10-9-15-14-7-5-6-8-16(14)20(18(13)15)12-11-19(2)3/h5-10H,11-12H2,1-4H3. The Morgan fingerprint density at radius 3 is 2.52 bits per heavy atom. The molecule has 0 bridgehead atoms. The van der Waals surface area contributed by atoms with Gasteiger partial charge in [-0.2, -0.15) is 0 Å². The van der Waals surface area contributed by atoms with Gasteiger partial charge in [0.25, 0.3) is 0 Å². The fraction of sp³-hybridized carbons (Fsp3) is 0.333. The van der Waals surface area contributed by atoms with Gasteiger partial charge in [0.2, 0.25) is 0 Å². The zero-order chi connectivity index (χ0) is 15.0. The third-order valence-corrected chi connectivity index (χ3v) is 4.13. The maximum atomic E-state index is 5.51. The third kappa shape index (κ3) is 2.28. The Bertz CT molecular complexity index is 787. The molecule has 3 rings (SSSR count). The first-order chi connectivity index (χ1) is 10.1. The Labute approximate surface area is 125 Å². The molecule has 110 valence electrons. The molecule has 0 aliphatic rings. The maximum Gasteiger partial charge on any atom is 0.123 e. The lowest BCUT2D eigenvalue weighted by atomic mass is 10.1. The molecule has 3 nitrogen and oxygen atoms in total. The molecule has 0 fully saturated rings. The lowest BCUT2D eigenvalue weighted by molar-refractivity contribution is 0.389. The first-order valence-electron chi connectivity index (χ1n) is 7.32. The first kappa shape index (κ1) is 14.0. The van der Waals surface area contributed by atoms with Crippen LogP contribution in [-0.2, 0) is 6.54 Å². The van der Waals surface area contributed by atoms with Crippen LogP contribution < -0.4 is 4.74 Å². The van der Waals surface area contributed by atoms with E-state index < -0.39 is 0 Å². The summed E-state index contributed by atoms with van der Waals surface area (Å²) in [6.45, 7) is 4.14. The summed E-state index contributed by atoms with van der Waals surface area (Å²) in [5, 5.41) is 2.62. The van der Waals surface area contributed by atoms with Gasteiger partial charge in [0.1, 0.15) is 5.75 Å². The molecule has 0 aliphatic carbocycles. The molecule has 3 aromatic rings. The van der Waals surface area contributed by atoms with Crippen molar-refractivity contribution < 1.29 is 4.74 Å². The molecule has 0 radical (unpaired) electrons. The largest absolute Gasteiger partial charge is 0.496 e. The number of methoxy groups -OCH3 is 1. The van der Waals surface area contributed by atoms with Gasteiger partial charge >= 0.3 is 0 Å². The molecule has 0 saturated heterocycles. The average molecular weight is 282 g/mol. The SMILES string of the molecule is COc1ccc2c3ccccc3n(CCN(C)C)c2c1C. The van der Waals surface area contributed by atoms with E-state index in [0.717, 1.165) is 18.8 Å². The molecule has 0 unspecified atom stereocenters. The summed E-state index contributed by atoms with van der Waals surface area (Å²) in [6.07, 6.45) is 0.